The van der Waals surface area contributed by atoms with Crippen molar-refractivity contribution in [2.75, 3.05) is 30.3 Å². The average Bonchev–Trinajstić information content (AvgIpc) is 2.93. The van der Waals surface area contributed by atoms with Gasteiger partial charge in [-0.1, -0.05) is 36.4 Å². The molecular weight excluding hydrogens is 458 g/mol. The lowest BCUT2D eigenvalue weighted by Crippen LogP contribution is -2.44. The van der Waals surface area contributed by atoms with Gasteiger partial charge in [0.15, 0.2) is 12.4 Å². The van der Waals surface area contributed by atoms with Crippen molar-refractivity contribution in [3.63, 3.8) is 0 Å². The molecule has 4 rings (SSSR count). The molecule has 0 aliphatic carbocycles. The number of urea groups is 1. The van der Waals surface area contributed by atoms with Gasteiger partial charge in [-0.2, -0.15) is 0 Å². The number of ketones is 1. The zero-order valence-electron chi connectivity index (χ0n) is 19.7. The second-order valence-electron chi connectivity index (χ2n) is 8.51. The van der Waals surface area contributed by atoms with E-state index < -0.39 is 11.9 Å². The second-order valence-corrected chi connectivity index (χ2v) is 8.51. The molecule has 1 atom stereocenters. The molecule has 1 aliphatic rings. The number of piperidine rings is 1. The minimum absolute atomic E-state index is 0.238. The topological polar surface area (TPSA) is 105 Å². The zero-order chi connectivity index (χ0) is 25.3. The lowest BCUT2D eigenvalue weighted by molar-refractivity contribution is -0.148. The summed E-state index contributed by atoms with van der Waals surface area (Å²) in [6.07, 6.45) is 1.27. The molecule has 3 amide bonds. The number of carbonyl (C=O) groups is 4. The minimum Gasteiger partial charge on any atom is -0.457 e. The Hall–Kier alpha value is -4.46. The Labute approximate surface area is 209 Å². The number of esters is 1. The second kappa shape index (κ2) is 11.8. The molecule has 0 radical (unpaired) electrons. The molecule has 0 saturated carbocycles. The van der Waals surface area contributed by atoms with E-state index in [4.69, 9.17) is 4.74 Å². The molecule has 184 valence electrons. The van der Waals surface area contributed by atoms with E-state index in [9.17, 15) is 19.2 Å². The fraction of sp³-hybridized carbons (Fsp3) is 0.214. The number of nitrogens with one attached hydrogen (secondary N) is 2. The molecule has 3 aromatic carbocycles. The molecule has 1 unspecified atom stereocenters. The predicted molar refractivity (Wildman–Crippen MR) is 136 cm³/mol. The lowest BCUT2D eigenvalue weighted by Gasteiger charge is -2.31. The highest BCUT2D eigenvalue weighted by Crippen LogP contribution is 2.20. The van der Waals surface area contributed by atoms with Crippen LogP contribution >= 0.6 is 0 Å². The third-order valence-corrected chi connectivity index (χ3v) is 5.91. The number of hydrogen-bond acceptors (Lipinski definition) is 5. The summed E-state index contributed by atoms with van der Waals surface area (Å²) >= 11 is 0. The third-order valence-electron chi connectivity index (χ3n) is 5.91. The van der Waals surface area contributed by atoms with Gasteiger partial charge < -0.3 is 20.3 Å². The van der Waals surface area contributed by atoms with Crippen molar-refractivity contribution < 1.29 is 23.9 Å². The summed E-state index contributed by atoms with van der Waals surface area (Å²) in [5, 5.41) is 5.60. The molecule has 36 heavy (non-hydrogen) atoms. The summed E-state index contributed by atoms with van der Waals surface area (Å²) in [6, 6.07) is 24.1. The Morgan fingerprint density at radius 3 is 2.11 bits per heavy atom. The maximum atomic E-state index is 12.6. The Morgan fingerprint density at radius 2 is 1.42 bits per heavy atom. The van der Waals surface area contributed by atoms with Crippen molar-refractivity contribution in [1.29, 1.82) is 0 Å². The average molecular weight is 486 g/mol. The van der Waals surface area contributed by atoms with Gasteiger partial charge in [0, 0.05) is 35.6 Å². The minimum atomic E-state index is -0.493. The molecule has 3 aromatic rings. The van der Waals surface area contributed by atoms with Crippen LogP contribution in [0.3, 0.4) is 0 Å². The molecule has 0 spiro atoms. The summed E-state index contributed by atoms with van der Waals surface area (Å²) in [4.78, 5) is 51.5. The van der Waals surface area contributed by atoms with Crippen LogP contribution in [0.25, 0.3) is 0 Å². The molecule has 0 bridgehead atoms. The van der Waals surface area contributed by atoms with Gasteiger partial charge in [-0.15, -0.1) is 0 Å². The Bertz CT molecular complexity index is 1210. The number of hydrogen-bond donors (Lipinski definition) is 2. The molecule has 1 aliphatic heterocycles. The van der Waals surface area contributed by atoms with Gasteiger partial charge in [0.25, 0.3) is 5.91 Å². The van der Waals surface area contributed by atoms with Gasteiger partial charge in [0.2, 0.25) is 0 Å². The number of para-hydroxylation sites is 1. The number of benzene rings is 3. The number of likely N-dealkylation sites (tertiary alicyclic amines) is 1. The number of Topliss-reactive ketones (excluding diaryl/α,β-unsaturated/α-hetero) is 1. The first-order valence-corrected chi connectivity index (χ1v) is 11.8. The summed E-state index contributed by atoms with van der Waals surface area (Å²) in [5.41, 5.74) is 2.13. The highest BCUT2D eigenvalue weighted by molar-refractivity contribution is 6.04. The van der Waals surface area contributed by atoms with Crippen LogP contribution in [-0.2, 0) is 9.53 Å². The Balaban J connectivity index is 1.25. The van der Waals surface area contributed by atoms with Crippen molar-refractivity contribution in [2.24, 2.45) is 5.92 Å². The van der Waals surface area contributed by atoms with E-state index in [-0.39, 0.29) is 30.9 Å². The maximum absolute atomic E-state index is 12.6. The van der Waals surface area contributed by atoms with Crippen LogP contribution in [0.15, 0.2) is 84.9 Å². The smallest absolute Gasteiger partial charge is 0.321 e. The summed E-state index contributed by atoms with van der Waals surface area (Å²) in [5.74, 6) is -1.57. The first-order valence-electron chi connectivity index (χ1n) is 11.8. The lowest BCUT2D eigenvalue weighted by atomic mass is 9.98. The van der Waals surface area contributed by atoms with Crippen LogP contribution in [0.5, 0.6) is 0 Å². The summed E-state index contributed by atoms with van der Waals surface area (Å²) in [7, 11) is 0. The number of nitrogens with zero attached hydrogens (tertiary/aromatic N) is 1. The third kappa shape index (κ3) is 6.56. The molecule has 1 saturated heterocycles. The molecule has 8 heteroatoms. The van der Waals surface area contributed by atoms with E-state index in [1.165, 1.54) is 0 Å². The molecular formula is C28H27N3O5. The van der Waals surface area contributed by atoms with E-state index in [0.717, 1.165) is 0 Å². The van der Waals surface area contributed by atoms with Gasteiger partial charge in [0.05, 0.1) is 5.92 Å². The SMILES string of the molecule is O=C(COC(=O)C1CCCN(C(=O)Nc2ccccc2)C1)c1ccc(NC(=O)c2ccccc2)cc1. The number of anilines is 2. The van der Waals surface area contributed by atoms with Crippen molar-refractivity contribution >= 4 is 35.1 Å². The first kappa shape index (κ1) is 24.7. The van der Waals surface area contributed by atoms with E-state index in [2.05, 4.69) is 10.6 Å². The standard InChI is InChI=1S/C28H27N3O5/c32-25(20-13-15-24(16-14-20)29-26(33)21-8-3-1-4-9-21)19-36-27(34)22-10-7-17-31(18-22)28(35)30-23-11-5-2-6-12-23/h1-6,8-9,11-16,22H,7,10,17-19H2,(H,29,33)(H,30,35). The van der Waals surface area contributed by atoms with Crippen LogP contribution in [0, 0.1) is 5.92 Å². The molecule has 1 fully saturated rings. The van der Waals surface area contributed by atoms with Gasteiger partial charge in [-0.25, -0.2) is 4.79 Å². The van der Waals surface area contributed by atoms with E-state index in [0.29, 0.717) is 41.9 Å². The molecule has 8 nitrogen and oxygen atoms in total. The molecule has 1 heterocycles. The van der Waals surface area contributed by atoms with Gasteiger partial charge in [-0.05, 0) is 61.4 Å². The van der Waals surface area contributed by atoms with Crippen molar-refractivity contribution in [2.45, 2.75) is 12.8 Å². The van der Waals surface area contributed by atoms with E-state index in [1.54, 1.807) is 65.6 Å². The number of rotatable bonds is 7. The fourth-order valence-electron chi connectivity index (χ4n) is 3.95. The number of amides is 3. The monoisotopic (exact) mass is 485 g/mol. The van der Waals surface area contributed by atoms with Crippen LogP contribution in [0.1, 0.15) is 33.6 Å². The van der Waals surface area contributed by atoms with Crippen molar-refractivity contribution in [3.8, 4) is 0 Å². The van der Waals surface area contributed by atoms with Crippen LogP contribution in [0.4, 0.5) is 16.2 Å². The normalized spacial score (nSPS) is 15.0. The Kier molecular flexibility index (Phi) is 8.08. The highest BCUT2D eigenvalue weighted by Gasteiger charge is 2.30. The highest BCUT2D eigenvalue weighted by atomic mass is 16.5. The van der Waals surface area contributed by atoms with Crippen LogP contribution in [-0.4, -0.2) is 48.3 Å². The quantitative estimate of drug-likeness (QED) is 0.376. The predicted octanol–water partition coefficient (Wildman–Crippen LogP) is 4.61. The Morgan fingerprint density at radius 1 is 0.778 bits per heavy atom. The summed E-state index contributed by atoms with van der Waals surface area (Å²) < 4.78 is 5.28. The number of ether oxygens (including phenoxy) is 1. The van der Waals surface area contributed by atoms with Crippen LogP contribution < -0.4 is 10.6 Å². The first-order chi connectivity index (χ1) is 17.5. The fourth-order valence-corrected chi connectivity index (χ4v) is 3.95. The summed E-state index contributed by atoms with van der Waals surface area (Å²) in [6.45, 7) is 0.400. The largest absolute Gasteiger partial charge is 0.457 e. The number of carbonyl (C=O) groups excluding carboxylic acids is 4. The molecule has 2 N–H and O–H groups in total. The van der Waals surface area contributed by atoms with Crippen molar-refractivity contribution in [1.82, 2.24) is 4.90 Å². The zero-order valence-corrected chi connectivity index (χ0v) is 19.7. The maximum Gasteiger partial charge on any atom is 0.321 e. The van der Waals surface area contributed by atoms with Gasteiger partial charge in [-0.3, -0.25) is 14.4 Å². The van der Waals surface area contributed by atoms with Gasteiger partial charge >= 0.3 is 12.0 Å². The van der Waals surface area contributed by atoms with Crippen molar-refractivity contribution in [3.05, 3.63) is 96.1 Å². The molecule has 0 aromatic heterocycles. The van der Waals surface area contributed by atoms with Crippen LogP contribution in [0.2, 0.25) is 0 Å². The van der Waals surface area contributed by atoms with Gasteiger partial charge in [0.1, 0.15) is 0 Å². The van der Waals surface area contributed by atoms with E-state index in [1.807, 2.05) is 24.3 Å². The van der Waals surface area contributed by atoms with E-state index >= 15 is 0 Å².